The van der Waals surface area contributed by atoms with Gasteiger partial charge in [-0.2, -0.15) is 5.10 Å². The highest BCUT2D eigenvalue weighted by Crippen LogP contribution is 2.13. The van der Waals surface area contributed by atoms with E-state index in [1.54, 1.807) is 41.2 Å². The quantitative estimate of drug-likeness (QED) is 0.300. The van der Waals surface area contributed by atoms with Crippen molar-refractivity contribution in [1.29, 1.82) is 0 Å². The molecule has 2 aromatic carbocycles. The first-order valence-electron chi connectivity index (χ1n) is 10.1. The van der Waals surface area contributed by atoms with E-state index in [4.69, 9.17) is 9.15 Å². The molecule has 1 N–H and O–H groups in total. The topological polar surface area (TPSA) is 103 Å². The van der Waals surface area contributed by atoms with Gasteiger partial charge in [-0.25, -0.2) is 22.6 Å². The molecule has 0 aliphatic rings. The largest absolute Gasteiger partial charge is 0.468 e. The summed E-state index contributed by atoms with van der Waals surface area (Å²) in [5, 5.41) is 4.16. The van der Waals surface area contributed by atoms with Gasteiger partial charge in [0.2, 0.25) is 10.0 Å². The number of rotatable bonds is 9. The fraction of sp³-hybridized carbons (Fsp3) is 0.0833. The van der Waals surface area contributed by atoms with Gasteiger partial charge in [0, 0.05) is 18.5 Å². The van der Waals surface area contributed by atoms with E-state index in [2.05, 4.69) is 9.82 Å². The number of furan rings is 1. The first kappa shape index (κ1) is 22.3. The lowest BCUT2D eigenvalue weighted by Gasteiger charge is -2.06. The number of benzene rings is 2. The molecule has 9 heteroatoms. The lowest BCUT2D eigenvalue weighted by molar-refractivity contribution is -0.138. The molecule has 168 valence electrons. The van der Waals surface area contributed by atoms with E-state index in [-0.39, 0.29) is 18.0 Å². The van der Waals surface area contributed by atoms with Gasteiger partial charge in [0.05, 0.1) is 23.4 Å². The molecule has 2 aromatic heterocycles. The number of sulfonamides is 1. The van der Waals surface area contributed by atoms with Crippen LogP contribution >= 0.6 is 0 Å². The molecule has 4 aromatic rings. The fourth-order valence-electron chi connectivity index (χ4n) is 2.95. The Balaban J connectivity index is 1.28. The van der Waals surface area contributed by atoms with E-state index in [9.17, 15) is 13.2 Å². The molecule has 0 spiro atoms. The first-order valence-corrected chi connectivity index (χ1v) is 11.5. The molecule has 0 saturated carbocycles. The van der Waals surface area contributed by atoms with Crippen molar-refractivity contribution < 1.29 is 22.4 Å². The number of nitrogens with zero attached hydrogens (tertiary/aromatic N) is 2. The van der Waals surface area contributed by atoms with Gasteiger partial charge in [0.15, 0.2) is 0 Å². The number of aromatic nitrogens is 2. The Morgan fingerprint density at radius 2 is 1.85 bits per heavy atom. The van der Waals surface area contributed by atoms with Crippen LogP contribution < -0.4 is 4.72 Å². The predicted molar refractivity (Wildman–Crippen MR) is 122 cm³/mol. The number of esters is 1. The number of carbonyl (C=O) groups excluding carboxylic acids is 1. The number of hydrogen-bond acceptors (Lipinski definition) is 6. The third-order valence-electron chi connectivity index (χ3n) is 4.71. The van der Waals surface area contributed by atoms with E-state index < -0.39 is 16.0 Å². The Kier molecular flexibility index (Phi) is 6.82. The van der Waals surface area contributed by atoms with Gasteiger partial charge in [0.25, 0.3) is 0 Å². The van der Waals surface area contributed by atoms with Gasteiger partial charge < -0.3 is 9.15 Å². The van der Waals surface area contributed by atoms with Crippen molar-refractivity contribution in [3.05, 3.63) is 108 Å². The van der Waals surface area contributed by atoms with E-state index in [1.165, 1.54) is 24.5 Å². The van der Waals surface area contributed by atoms with Crippen molar-refractivity contribution in [2.75, 3.05) is 0 Å². The Bertz CT molecular complexity index is 1310. The minimum Gasteiger partial charge on any atom is -0.468 e. The molecular weight excluding hydrogens is 442 g/mol. The zero-order chi connectivity index (χ0) is 23.1. The van der Waals surface area contributed by atoms with Crippen LogP contribution in [0.25, 0.3) is 11.8 Å². The van der Waals surface area contributed by atoms with E-state index >= 15 is 0 Å². The molecule has 0 unspecified atom stereocenters. The number of nitrogens with one attached hydrogen (secondary N) is 1. The number of carbonyl (C=O) groups is 1. The van der Waals surface area contributed by atoms with Crippen LogP contribution in [0.2, 0.25) is 0 Å². The molecule has 0 bridgehead atoms. The SMILES string of the molecule is O=C(/C=C/c1ccc(S(=O)(=O)NCc2ccco2)cc1)OCc1ccc(-n2cccn2)cc1. The van der Waals surface area contributed by atoms with Gasteiger partial charge in [-0.05, 0) is 59.7 Å². The summed E-state index contributed by atoms with van der Waals surface area (Å²) in [6.07, 6.45) is 7.90. The molecule has 0 aliphatic heterocycles. The van der Waals surface area contributed by atoms with Gasteiger partial charge >= 0.3 is 5.97 Å². The molecule has 8 nitrogen and oxygen atoms in total. The molecule has 0 radical (unpaired) electrons. The Morgan fingerprint density at radius 1 is 1.06 bits per heavy atom. The van der Waals surface area contributed by atoms with Gasteiger partial charge in [-0.3, -0.25) is 0 Å². The van der Waals surface area contributed by atoms with Crippen LogP contribution in [-0.2, 0) is 32.7 Å². The Labute approximate surface area is 191 Å². The van der Waals surface area contributed by atoms with Crippen LogP contribution in [0.5, 0.6) is 0 Å². The first-order chi connectivity index (χ1) is 16.0. The van der Waals surface area contributed by atoms with Crippen LogP contribution in [0.15, 0.2) is 101 Å². The zero-order valence-electron chi connectivity index (χ0n) is 17.5. The van der Waals surface area contributed by atoms with Crippen molar-refractivity contribution in [3.63, 3.8) is 0 Å². The maximum absolute atomic E-state index is 12.4. The summed E-state index contributed by atoms with van der Waals surface area (Å²) in [6.45, 7) is 0.204. The Hall–Kier alpha value is -3.95. The van der Waals surface area contributed by atoms with Crippen molar-refractivity contribution in [2.45, 2.75) is 18.0 Å². The predicted octanol–water partition coefficient (Wildman–Crippen LogP) is 3.70. The van der Waals surface area contributed by atoms with Crippen LogP contribution in [0.3, 0.4) is 0 Å². The summed E-state index contributed by atoms with van der Waals surface area (Å²) in [6, 6.07) is 18.9. The number of ether oxygens (including phenoxy) is 1. The molecule has 0 fully saturated rings. The molecule has 0 atom stereocenters. The monoisotopic (exact) mass is 463 g/mol. The summed E-state index contributed by atoms with van der Waals surface area (Å²) in [5.74, 6) is 0.0217. The van der Waals surface area contributed by atoms with Crippen molar-refractivity contribution in [2.24, 2.45) is 0 Å². The van der Waals surface area contributed by atoms with Crippen LogP contribution in [-0.4, -0.2) is 24.2 Å². The van der Waals surface area contributed by atoms with E-state index in [1.807, 2.05) is 36.5 Å². The molecule has 0 amide bonds. The maximum atomic E-state index is 12.4. The lowest BCUT2D eigenvalue weighted by Crippen LogP contribution is -2.22. The second-order valence-electron chi connectivity index (χ2n) is 7.03. The molecule has 33 heavy (non-hydrogen) atoms. The molecule has 4 rings (SSSR count). The molecule has 0 aliphatic carbocycles. The third kappa shape index (κ3) is 6.06. The summed E-state index contributed by atoms with van der Waals surface area (Å²) >= 11 is 0. The molecular formula is C24H21N3O5S. The number of hydrogen-bond donors (Lipinski definition) is 1. The smallest absolute Gasteiger partial charge is 0.331 e. The second-order valence-corrected chi connectivity index (χ2v) is 8.80. The fourth-order valence-corrected chi connectivity index (χ4v) is 3.95. The van der Waals surface area contributed by atoms with Crippen molar-refractivity contribution >= 4 is 22.1 Å². The normalized spacial score (nSPS) is 11.6. The summed E-state index contributed by atoms with van der Waals surface area (Å²) in [4.78, 5) is 12.1. The highest BCUT2D eigenvalue weighted by molar-refractivity contribution is 7.89. The van der Waals surface area contributed by atoms with Crippen molar-refractivity contribution in [3.8, 4) is 5.69 Å². The summed E-state index contributed by atoms with van der Waals surface area (Å²) in [7, 11) is -3.67. The molecule has 0 saturated heterocycles. The lowest BCUT2D eigenvalue weighted by atomic mass is 10.2. The van der Waals surface area contributed by atoms with Crippen molar-refractivity contribution in [1.82, 2.24) is 14.5 Å². The van der Waals surface area contributed by atoms with Crippen LogP contribution in [0.4, 0.5) is 0 Å². The second kappa shape index (κ2) is 10.1. The highest BCUT2D eigenvalue weighted by Gasteiger charge is 2.14. The maximum Gasteiger partial charge on any atom is 0.331 e. The average Bonchev–Trinajstić information content (AvgIpc) is 3.55. The summed E-state index contributed by atoms with van der Waals surface area (Å²) in [5.41, 5.74) is 2.43. The minimum absolute atomic E-state index is 0.0643. The summed E-state index contributed by atoms with van der Waals surface area (Å²) < 4.78 is 39.3. The zero-order valence-corrected chi connectivity index (χ0v) is 18.3. The average molecular weight is 464 g/mol. The standard InChI is InChI=1S/C24H21N3O5S/c28-24(32-18-20-4-9-21(10-5-20)27-15-2-14-25-27)13-8-19-6-11-23(12-7-19)33(29,30)26-17-22-3-1-16-31-22/h1-16,26H,17-18H2/b13-8+. The van der Waals surface area contributed by atoms with Crippen LogP contribution in [0.1, 0.15) is 16.9 Å². The van der Waals surface area contributed by atoms with Gasteiger partial charge in [-0.15, -0.1) is 0 Å². The third-order valence-corrected chi connectivity index (χ3v) is 6.12. The van der Waals surface area contributed by atoms with E-state index in [0.717, 1.165) is 11.3 Å². The Morgan fingerprint density at radius 3 is 2.52 bits per heavy atom. The molecule has 2 heterocycles. The van der Waals surface area contributed by atoms with E-state index in [0.29, 0.717) is 11.3 Å². The highest BCUT2D eigenvalue weighted by atomic mass is 32.2. The van der Waals surface area contributed by atoms with Gasteiger partial charge in [0.1, 0.15) is 12.4 Å². The minimum atomic E-state index is -3.67. The van der Waals surface area contributed by atoms with Crippen LogP contribution in [0, 0.1) is 0 Å². The van der Waals surface area contributed by atoms with Gasteiger partial charge in [-0.1, -0.05) is 24.3 Å².